The van der Waals surface area contributed by atoms with Crippen LogP contribution in [0.15, 0.2) is 24.3 Å². The highest BCUT2D eigenvalue weighted by Crippen LogP contribution is 2.73. The van der Waals surface area contributed by atoms with Crippen LogP contribution in [0.25, 0.3) is 0 Å². The molecule has 1 aromatic carbocycles. The van der Waals surface area contributed by atoms with Crippen molar-refractivity contribution in [1.29, 1.82) is 0 Å². The van der Waals surface area contributed by atoms with E-state index in [0.717, 1.165) is 0 Å². The fourth-order valence-corrected chi connectivity index (χ4v) is 9.68. The highest BCUT2D eigenvalue weighted by Gasteiger charge is 2.37. The molecule has 0 spiro atoms. The Morgan fingerprint density at radius 1 is 1.00 bits per heavy atom. The molecular weight excluding hydrogens is 300 g/mol. The number of fused-ring (bicyclic) bond motifs is 1. The monoisotopic (exact) mass is 312 g/mol. The fourth-order valence-electron chi connectivity index (χ4n) is 1.85. The second-order valence-electron chi connectivity index (χ2n) is 3.45. The Hall–Kier alpha value is 0.690. The van der Waals surface area contributed by atoms with Gasteiger partial charge in [0.05, 0.1) is 26.2 Å². The Labute approximate surface area is 110 Å². The Morgan fingerprint density at radius 2 is 1.38 bits per heavy atom. The molecule has 0 amide bonds. The number of nitrogens with zero attached hydrogens (tertiary/aromatic N) is 2. The third-order valence-electron chi connectivity index (χ3n) is 2.38. The van der Waals surface area contributed by atoms with E-state index in [1.54, 1.807) is 0 Å². The molecule has 0 N–H and O–H groups in total. The molecule has 0 saturated carbocycles. The summed E-state index contributed by atoms with van der Waals surface area (Å²) < 4.78 is 4.64. The molecule has 1 aliphatic heterocycles. The number of benzene rings is 1. The SMILES string of the molecule is CP(Cl)N1c2ccccc2N(P(C)Cl)P1C. The van der Waals surface area contributed by atoms with Gasteiger partial charge in [0, 0.05) is 0 Å². The van der Waals surface area contributed by atoms with Gasteiger partial charge in [0.2, 0.25) is 0 Å². The van der Waals surface area contributed by atoms with E-state index in [1.165, 1.54) is 11.4 Å². The van der Waals surface area contributed by atoms with Gasteiger partial charge >= 0.3 is 0 Å². The molecule has 7 heteroatoms. The molecule has 0 fully saturated rings. The van der Waals surface area contributed by atoms with Crippen LogP contribution in [0.5, 0.6) is 0 Å². The Kier molecular flexibility index (Phi) is 4.21. The van der Waals surface area contributed by atoms with Crippen LogP contribution in [0, 0.1) is 0 Å². The quantitative estimate of drug-likeness (QED) is 0.654. The lowest BCUT2D eigenvalue weighted by Gasteiger charge is -2.31. The summed E-state index contributed by atoms with van der Waals surface area (Å²) in [6.07, 6.45) is 0. The van der Waals surface area contributed by atoms with Crippen LogP contribution < -0.4 is 8.88 Å². The van der Waals surface area contributed by atoms with Gasteiger partial charge in [0.1, 0.15) is 8.22 Å². The van der Waals surface area contributed by atoms with E-state index in [0.29, 0.717) is 0 Å². The molecule has 2 unspecified atom stereocenters. The van der Waals surface area contributed by atoms with Crippen molar-refractivity contribution in [2.24, 2.45) is 0 Å². The lowest BCUT2D eigenvalue weighted by molar-refractivity contribution is 1.60. The van der Waals surface area contributed by atoms with E-state index < -0.39 is 23.1 Å². The summed E-state index contributed by atoms with van der Waals surface area (Å²) in [5.74, 6) is 0. The highest BCUT2D eigenvalue weighted by molar-refractivity contribution is 7.98. The summed E-state index contributed by atoms with van der Waals surface area (Å²) in [6.45, 7) is 6.36. The summed E-state index contributed by atoms with van der Waals surface area (Å²) in [4.78, 5) is 0. The van der Waals surface area contributed by atoms with Gasteiger partial charge in [-0.05, 0) is 32.1 Å². The first-order valence-electron chi connectivity index (χ1n) is 4.75. The van der Waals surface area contributed by atoms with E-state index in [1.807, 2.05) is 0 Å². The molecule has 2 rings (SSSR count). The Morgan fingerprint density at radius 3 is 1.69 bits per heavy atom. The smallest absolute Gasteiger partial charge is 0.101 e. The van der Waals surface area contributed by atoms with Crippen molar-refractivity contribution in [2.45, 2.75) is 0 Å². The first-order valence-corrected chi connectivity index (χ1v) is 11.7. The van der Waals surface area contributed by atoms with Crippen molar-refractivity contribution in [3.05, 3.63) is 24.3 Å². The van der Waals surface area contributed by atoms with Crippen LogP contribution in [-0.2, 0) is 0 Å². The van der Waals surface area contributed by atoms with Crippen molar-refractivity contribution in [3.63, 3.8) is 0 Å². The minimum Gasteiger partial charge on any atom is -0.297 e. The average molecular weight is 313 g/mol. The lowest BCUT2D eigenvalue weighted by atomic mass is 10.3. The number of hydrogen-bond acceptors (Lipinski definition) is 2. The predicted molar refractivity (Wildman–Crippen MR) is 81.6 cm³/mol. The Bertz CT molecular complexity index is 354. The number of halogens is 2. The highest BCUT2D eigenvalue weighted by atomic mass is 35.7. The minimum atomic E-state index is -0.635. The molecule has 1 heterocycles. The maximum atomic E-state index is 6.32. The number of anilines is 2. The number of hydrogen-bond donors (Lipinski definition) is 0. The molecule has 1 aliphatic rings. The average Bonchev–Trinajstić information content (AvgIpc) is 2.49. The second kappa shape index (κ2) is 5.13. The van der Waals surface area contributed by atoms with Crippen molar-refractivity contribution >= 4 is 56.9 Å². The zero-order chi connectivity index (χ0) is 11.9. The number of rotatable bonds is 2. The molecule has 0 bridgehead atoms. The van der Waals surface area contributed by atoms with Crippen LogP contribution in [-0.4, -0.2) is 20.0 Å². The third kappa shape index (κ3) is 2.16. The maximum absolute atomic E-state index is 6.32. The molecule has 16 heavy (non-hydrogen) atoms. The van der Waals surface area contributed by atoms with Gasteiger partial charge < -0.3 is 0 Å². The van der Waals surface area contributed by atoms with Gasteiger partial charge in [0.25, 0.3) is 0 Å². The summed E-state index contributed by atoms with van der Waals surface area (Å²) in [5, 5.41) is 0. The standard InChI is InChI=1S/C9H13Cl2N2P3/c1-14(10)12-8-6-4-5-7-9(8)13(15(2)11)16(12)3/h4-7H,1-3H3. The van der Waals surface area contributed by atoms with Gasteiger partial charge in [-0.25, -0.2) is 0 Å². The zero-order valence-electron chi connectivity index (χ0n) is 9.30. The summed E-state index contributed by atoms with van der Waals surface area (Å²) in [7, 11) is -1.71. The van der Waals surface area contributed by atoms with Crippen LogP contribution in [0.2, 0.25) is 0 Å². The molecule has 0 aliphatic carbocycles. The molecule has 2 nitrogen and oxygen atoms in total. The number of para-hydroxylation sites is 2. The van der Waals surface area contributed by atoms with Gasteiger partial charge in [-0.1, -0.05) is 34.6 Å². The van der Waals surface area contributed by atoms with Crippen LogP contribution in [0.4, 0.5) is 11.4 Å². The van der Waals surface area contributed by atoms with E-state index >= 15 is 0 Å². The van der Waals surface area contributed by atoms with E-state index in [2.05, 4.69) is 53.1 Å². The summed E-state index contributed by atoms with van der Waals surface area (Å²) in [6, 6.07) is 8.37. The molecule has 2 atom stereocenters. The molecule has 0 aromatic heterocycles. The third-order valence-corrected chi connectivity index (χ3v) is 10.1. The molecule has 0 radical (unpaired) electrons. The molecule has 88 valence electrons. The first-order chi connectivity index (χ1) is 7.54. The largest absolute Gasteiger partial charge is 0.297 e. The van der Waals surface area contributed by atoms with Gasteiger partial charge in [-0.2, -0.15) is 0 Å². The summed E-state index contributed by atoms with van der Waals surface area (Å²) >= 11 is 12.6. The van der Waals surface area contributed by atoms with Gasteiger partial charge in [-0.15, -0.1) is 0 Å². The predicted octanol–water partition coefficient (Wildman–Crippen LogP) is 5.62. The summed E-state index contributed by atoms with van der Waals surface area (Å²) in [5.41, 5.74) is 2.46. The van der Waals surface area contributed by atoms with Crippen molar-refractivity contribution in [1.82, 2.24) is 0 Å². The van der Waals surface area contributed by atoms with Crippen molar-refractivity contribution in [3.8, 4) is 0 Å². The fraction of sp³-hybridized carbons (Fsp3) is 0.333. The first kappa shape index (κ1) is 13.1. The minimum absolute atomic E-state index is 0.437. The topological polar surface area (TPSA) is 6.48 Å². The van der Waals surface area contributed by atoms with E-state index in [9.17, 15) is 0 Å². The van der Waals surface area contributed by atoms with E-state index in [4.69, 9.17) is 22.5 Å². The molecule has 1 aromatic rings. The van der Waals surface area contributed by atoms with Gasteiger partial charge in [0.15, 0.2) is 0 Å². The Balaban J connectivity index is 2.48. The maximum Gasteiger partial charge on any atom is 0.101 e. The van der Waals surface area contributed by atoms with Crippen molar-refractivity contribution < 1.29 is 0 Å². The van der Waals surface area contributed by atoms with Crippen LogP contribution >= 0.6 is 45.6 Å². The van der Waals surface area contributed by atoms with E-state index in [-0.39, 0.29) is 0 Å². The lowest BCUT2D eigenvalue weighted by Crippen LogP contribution is -2.09. The van der Waals surface area contributed by atoms with Crippen LogP contribution in [0.3, 0.4) is 0 Å². The zero-order valence-corrected chi connectivity index (χ0v) is 13.5. The normalized spacial score (nSPS) is 23.2. The molecular formula is C9H13Cl2N2P3. The van der Waals surface area contributed by atoms with Crippen molar-refractivity contribution in [2.75, 3.05) is 28.9 Å². The van der Waals surface area contributed by atoms with Crippen LogP contribution in [0.1, 0.15) is 0 Å². The van der Waals surface area contributed by atoms with Gasteiger partial charge in [-0.3, -0.25) is 8.88 Å². The molecule has 0 saturated heterocycles. The second-order valence-corrected chi connectivity index (χ2v) is 11.4.